The molecule has 4 aliphatic rings. The van der Waals surface area contributed by atoms with Crippen LogP contribution in [0.2, 0.25) is 0 Å². The summed E-state index contributed by atoms with van der Waals surface area (Å²) >= 11 is 0. The van der Waals surface area contributed by atoms with E-state index in [2.05, 4.69) is 262 Å². The van der Waals surface area contributed by atoms with E-state index in [4.69, 9.17) is 6.57 Å². The predicted octanol–water partition coefficient (Wildman–Crippen LogP) is 19.4. The summed E-state index contributed by atoms with van der Waals surface area (Å²) in [5.41, 5.74) is 31.7. The monoisotopic (exact) mass is 1210 g/mol. The van der Waals surface area contributed by atoms with E-state index in [9.17, 15) is 15.8 Å². The molecule has 0 aromatic heterocycles. The smallest absolute Gasteiger partial charge is 0.248 e. The van der Waals surface area contributed by atoms with Crippen molar-refractivity contribution in [3.63, 3.8) is 0 Å². The Labute approximate surface area is 553 Å². The van der Waals surface area contributed by atoms with Gasteiger partial charge in [0.15, 0.2) is 5.69 Å². The van der Waals surface area contributed by atoms with Gasteiger partial charge in [0.2, 0.25) is 13.4 Å². The van der Waals surface area contributed by atoms with Crippen LogP contribution in [0, 0.1) is 40.6 Å². The fraction of sp³-hybridized carbons (Fsp3) is 0.209. The molecule has 12 aromatic carbocycles. The van der Waals surface area contributed by atoms with Crippen molar-refractivity contribution in [2.24, 2.45) is 0 Å². The highest BCUT2D eigenvalue weighted by Crippen LogP contribution is 2.55. The van der Waals surface area contributed by atoms with Crippen LogP contribution in [-0.2, 0) is 0 Å². The van der Waals surface area contributed by atoms with Gasteiger partial charge in [-0.05, 0) is 246 Å². The standard InChI is InChI=1S/C86H70B2N6/c1-45(2)54-33-59(47(5)6)79(60(34-54)48(7)8)63-39-66-70-29-53(44-91)32-78-86(70)88(72-27-25-56(92-13)37-76(72)94(78)58-22-18-15-19-23-58)74-41-68-64(80-61(49(9)10)35-55(46(3)4)36-62(80)50(11)12)38-65-69-28-52(43-90)31-77-85(69)87(73-40-67(63)84(82(66)74)83(68)81(65)73)71-26-24-51(42-89)30-75(71)93(77)57-20-16-14-17-21-57/h14-41,45-50H,1-12H3. The molecule has 0 unspecified atom stereocenters. The fourth-order valence-corrected chi connectivity index (χ4v) is 16.9. The lowest BCUT2D eigenvalue weighted by Gasteiger charge is -2.42. The highest BCUT2D eigenvalue weighted by molar-refractivity contribution is 7.02. The van der Waals surface area contributed by atoms with Gasteiger partial charge >= 0.3 is 0 Å². The van der Waals surface area contributed by atoms with E-state index in [-0.39, 0.29) is 37.1 Å². The second-order valence-electron chi connectivity index (χ2n) is 28.6. The van der Waals surface area contributed by atoms with Gasteiger partial charge in [-0.2, -0.15) is 15.8 Å². The molecular weight excluding hydrogens is 1140 g/mol. The Morgan fingerprint density at radius 2 is 0.734 bits per heavy atom. The molecule has 16 rings (SSSR count). The van der Waals surface area contributed by atoms with Crippen LogP contribution in [0.25, 0.3) is 81.7 Å². The van der Waals surface area contributed by atoms with Gasteiger partial charge in [0.1, 0.15) is 0 Å². The number of benzene rings is 12. The van der Waals surface area contributed by atoms with Gasteiger partial charge in [-0.3, -0.25) is 0 Å². The fourth-order valence-electron chi connectivity index (χ4n) is 16.9. The minimum atomic E-state index is -0.308. The van der Waals surface area contributed by atoms with Gasteiger partial charge in [0, 0.05) is 34.1 Å². The van der Waals surface area contributed by atoms with Crippen LogP contribution in [0.1, 0.15) is 169 Å². The number of hydrogen-bond acceptors (Lipinski definition) is 5. The molecule has 0 amide bonds. The summed E-state index contributed by atoms with van der Waals surface area (Å²) in [5, 5.41) is 40.7. The Hall–Kier alpha value is -10.6. The molecule has 0 aliphatic carbocycles. The molecule has 0 saturated carbocycles. The minimum absolute atomic E-state index is 0.161. The van der Waals surface area contributed by atoms with Crippen molar-refractivity contribution in [2.75, 3.05) is 9.80 Å². The highest BCUT2D eigenvalue weighted by atomic mass is 15.2. The number of fused-ring (bicyclic) bond motifs is 8. The van der Waals surface area contributed by atoms with Gasteiger partial charge < -0.3 is 9.80 Å². The minimum Gasteiger partial charge on any atom is -0.313 e. The van der Waals surface area contributed by atoms with E-state index in [0.717, 1.165) is 78.2 Å². The quantitative estimate of drug-likeness (QED) is 0.0774. The van der Waals surface area contributed by atoms with Crippen molar-refractivity contribution >= 4 is 118 Å². The van der Waals surface area contributed by atoms with E-state index in [1.165, 1.54) is 98.9 Å². The number of nitriles is 3. The third-order valence-corrected chi connectivity index (χ3v) is 21.2. The first-order valence-corrected chi connectivity index (χ1v) is 33.6. The first-order valence-electron chi connectivity index (χ1n) is 33.6. The second kappa shape index (κ2) is 21.5. The van der Waals surface area contributed by atoms with Crippen molar-refractivity contribution in [1.29, 1.82) is 15.8 Å². The molecule has 450 valence electrons. The van der Waals surface area contributed by atoms with Gasteiger partial charge in [-0.1, -0.05) is 185 Å². The Morgan fingerprint density at radius 1 is 0.351 bits per heavy atom. The van der Waals surface area contributed by atoms with E-state index < -0.39 is 0 Å². The average Bonchev–Trinajstić information content (AvgIpc) is 0.665. The third-order valence-electron chi connectivity index (χ3n) is 21.2. The van der Waals surface area contributed by atoms with Crippen LogP contribution in [0.5, 0.6) is 0 Å². The molecule has 0 radical (unpaired) electrons. The second-order valence-corrected chi connectivity index (χ2v) is 28.6. The molecule has 4 heterocycles. The van der Waals surface area contributed by atoms with Crippen molar-refractivity contribution in [3.8, 4) is 62.7 Å². The third kappa shape index (κ3) is 8.32. The summed E-state index contributed by atoms with van der Waals surface area (Å²) in [5.74, 6) is 1.24. The van der Waals surface area contributed by atoms with Crippen LogP contribution in [0.3, 0.4) is 0 Å². The van der Waals surface area contributed by atoms with Crippen LogP contribution in [0.15, 0.2) is 170 Å². The summed E-state index contributed by atoms with van der Waals surface area (Å²) in [6.07, 6.45) is 0. The molecule has 0 bridgehead atoms. The maximum absolute atomic E-state index is 11.4. The number of hydrogen-bond donors (Lipinski definition) is 0. The summed E-state index contributed by atoms with van der Waals surface area (Å²) in [6.45, 7) is 35.9. The normalized spacial score (nSPS) is 13.1. The maximum Gasteiger partial charge on any atom is 0.248 e. The van der Waals surface area contributed by atoms with Gasteiger partial charge in [-0.15, -0.1) is 0 Å². The van der Waals surface area contributed by atoms with E-state index in [1.54, 1.807) is 0 Å². The molecule has 0 atom stereocenters. The SMILES string of the molecule is [C-]#[N+]c1ccc2c(c1)N(c1ccccc1)c1cc(C#N)cc3c1B2c1cc2c(-c4c(C(C)C)cc(C(C)C)cc4C(C)C)cc4c5c(cc6c(-c7c(C(C)C)cc(C(C)C)cc7C(C)C)cc-3c1c6c25)B1c2ccc(C#N)cc2N(c2ccccc2)c2cc(C#N)cc-4c21. The molecular formula is C86H70B2N6. The van der Waals surface area contributed by atoms with Crippen LogP contribution in [0.4, 0.5) is 39.8 Å². The van der Waals surface area contributed by atoms with Gasteiger partial charge in [0.25, 0.3) is 0 Å². The van der Waals surface area contributed by atoms with Crippen molar-refractivity contribution in [3.05, 3.63) is 231 Å². The predicted molar refractivity (Wildman–Crippen MR) is 396 cm³/mol. The topological polar surface area (TPSA) is 82.2 Å². The number of nitrogens with zero attached hydrogens (tertiary/aromatic N) is 6. The van der Waals surface area contributed by atoms with Crippen LogP contribution >= 0.6 is 0 Å². The van der Waals surface area contributed by atoms with Crippen molar-refractivity contribution in [2.45, 2.75) is 119 Å². The molecule has 0 saturated heterocycles. The largest absolute Gasteiger partial charge is 0.313 e. The molecule has 6 nitrogen and oxygen atoms in total. The van der Waals surface area contributed by atoms with Crippen molar-refractivity contribution < 1.29 is 0 Å². The van der Waals surface area contributed by atoms with Gasteiger partial charge in [-0.25, -0.2) is 4.85 Å². The lowest BCUT2D eigenvalue weighted by molar-refractivity contribution is 0.807. The Morgan fingerprint density at radius 3 is 1.11 bits per heavy atom. The van der Waals surface area contributed by atoms with E-state index in [1.807, 2.05) is 24.3 Å². The average molecular weight is 1210 g/mol. The number of anilines is 6. The Balaban J connectivity index is 1.20. The zero-order valence-corrected chi connectivity index (χ0v) is 55.5. The Kier molecular flexibility index (Phi) is 13.4. The lowest BCUT2D eigenvalue weighted by atomic mass is 9.31. The lowest BCUT2D eigenvalue weighted by Crippen LogP contribution is -2.60. The summed E-state index contributed by atoms with van der Waals surface area (Å²) < 4.78 is 0. The molecule has 8 heteroatoms. The summed E-state index contributed by atoms with van der Waals surface area (Å²) in [4.78, 5) is 8.68. The summed E-state index contributed by atoms with van der Waals surface area (Å²) in [6, 6.07) is 70.0. The molecule has 0 fully saturated rings. The van der Waals surface area contributed by atoms with E-state index >= 15 is 0 Å². The molecule has 12 aromatic rings. The highest BCUT2D eigenvalue weighted by Gasteiger charge is 2.47. The zero-order valence-electron chi connectivity index (χ0n) is 55.5. The van der Waals surface area contributed by atoms with Crippen LogP contribution in [-0.4, -0.2) is 13.4 Å². The van der Waals surface area contributed by atoms with Crippen molar-refractivity contribution in [1.82, 2.24) is 0 Å². The first kappa shape index (κ1) is 58.5. The Bertz CT molecular complexity index is 5070. The zero-order chi connectivity index (χ0) is 65.2. The van der Waals surface area contributed by atoms with E-state index in [0.29, 0.717) is 34.2 Å². The molecule has 4 aliphatic heterocycles. The summed E-state index contributed by atoms with van der Waals surface area (Å²) in [7, 11) is 0. The molecule has 0 spiro atoms. The van der Waals surface area contributed by atoms with Crippen LogP contribution < -0.4 is 42.6 Å². The van der Waals surface area contributed by atoms with Gasteiger partial charge in [0.05, 0.1) is 41.5 Å². The number of rotatable bonds is 10. The molecule has 94 heavy (non-hydrogen) atoms. The maximum atomic E-state index is 11.4. The molecule has 0 N–H and O–H groups in total. The first-order chi connectivity index (χ1) is 45.4. The number of para-hydroxylation sites is 2.